The Morgan fingerprint density at radius 3 is 2.10 bits per heavy atom. The van der Waals surface area contributed by atoms with Gasteiger partial charge in [-0.3, -0.25) is 9.69 Å². The van der Waals surface area contributed by atoms with Crippen molar-refractivity contribution >= 4 is 5.97 Å². The van der Waals surface area contributed by atoms with E-state index >= 15 is 0 Å². The van der Waals surface area contributed by atoms with Crippen LogP contribution in [0.2, 0.25) is 0 Å². The van der Waals surface area contributed by atoms with Crippen LogP contribution in [0.3, 0.4) is 0 Å². The largest absolute Gasteiger partial charge is 0.480 e. The maximum Gasteiger partial charge on any atom is 0.321 e. The van der Waals surface area contributed by atoms with Crippen LogP contribution in [-0.2, 0) is 11.2 Å². The average Bonchev–Trinajstić information content (AvgIpc) is 2.46. The van der Waals surface area contributed by atoms with Crippen LogP contribution in [-0.4, -0.2) is 35.1 Å². The lowest BCUT2D eigenvalue weighted by Gasteiger charge is -2.29. The van der Waals surface area contributed by atoms with E-state index < -0.39 is 12.0 Å². The van der Waals surface area contributed by atoms with Gasteiger partial charge in [0.05, 0.1) is 0 Å². The van der Waals surface area contributed by atoms with E-state index in [9.17, 15) is 9.90 Å². The van der Waals surface area contributed by atoms with Crippen LogP contribution in [0.15, 0.2) is 30.3 Å². The molecule has 0 fully saturated rings. The Balaban J connectivity index is 2.75. The summed E-state index contributed by atoms with van der Waals surface area (Å²) < 4.78 is 0. The molecule has 1 aromatic carbocycles. The van der Waals surface area contributed by atoms with Crippen LogP contribution >= 0.6 is 0 Å². The smallest absolute Gasteiger partial charge is 0.321 e. The highest BCUT2D eigenvalue weighted by atomic mass is 16.4. The van der Waals surface area contributed by atoms with E-state index in [4.69, 9.17) is 0 Å². The molecule has 1 N–H and O–H groups in total. The van der Waals surface area contributed by atoms with Gasteiger partial charge in [0.2, 0.25) is 0 Å². The maximum atomic E-state index is 11.6. The monoisotopic (exact) mass is 277 g/mol. The van der Waals surface area contributed by atoms with Gasteiger partial charge in [-0.2, -0.15) is 0 Å². The van der Waals surface area contributed by atoms with Gasteiger partial charge in [-0.1, -0.05) is 57.0 Å². The lowest BCUT2D eigenvalue weighted by molar-refractivity contribution is -0.143. The molecule has 1 unspecified atom stereocenters. The summed E-state index contributed by atoms with van der Waals surface area (Å²) in [5.74, 6) is -0.707. The molecule has 0 aromatic heterocycles. The minimum absolute atomic E-state index is 0.407. The molecule has 0 amide bonds. The van der Waals surface area contributed by atoms with Crippen molar-refractivity contribution in [3.05, 3.63) is 35.9 Å². The topological polar surface area (TPSA) is 40.5 Å². The average molecular weight is 277 g/mol. The van der Waals surface area contributed by atoms with Gasteiger partial charge in [-0.25, -0.2) is 0 Å². The van der Waals surface area contributed by atoms with Crippen LogP contribution in [0.25, 0.3) is 0 Å². The summed E-state index contributed by atoms with van der Waals surface area (Å²) in [6.07, 6.45) is 4.90. The molecule has 0 saturated heterocycles. The number of hydrogen-bond acceptors (Lipinski definition) is 2. The Hall–Kier alpha value is -1.35. The number of nitrogens with zero attached hydrogens (tertiary/aromatic N) is 1. The molecule has 20 heavy (non-hydrogen) atoms. The summed E-state index contributed by atoms with van der Waals surface area (Å²) in [5, 5.41) is 9.56. The highest BCUT2D eigenvalue weighted by Crippen LogP contribution is 2.12. The number of carboxylic acid groups (broad SMARTS) is 1. The molecule has 0 spiro atoms. The summed E-state index contributed by atoms with van der Waals surface area (Å²) in [5.41, 5.74) is 1.10. The zero-order chi connectivity index (χ0) is 14.8. The van der Waals surface area contributed by atoms with Crippen molar-refractivity contribution < 1.29 is 9.90 Å². The minimum Gasteiger partial charge on any atom is -0.480 e. The molecule has 3 heteroatoms. The van der Waals surface area contributed by atoms with Gasteiger partial charge < -0.3 is 5.11 Å². The zero-order valence-electron chi connectivity index (χ0n) is 12.7. The third-order valence-corrected chi connectivity index (χ3v) is 3.60. The van der Waals surface area contributed by atoms with Crippen molar-refractivity contribution in [1.82, 2.24) is 4.90 Å². The molecule has 0 heterocycles. The molecule has 0 saturated carbocycles. The molecule has 1 rings (SSSR count). The molecule has 1 aromatic rings. The predicted molar refractivity (Wildman–Crippen MR) is 83.0 cm³/mol. The molecular formula is C17H27NO2. The van der Waals surface area contributed by atoms with Crippen LogP contribution in [0.5, 0.6) is 0 Å². The fourth-order valence-corrected chi connectivity index (χ4v) is 2.36. The summed E-state index contributed by atoms with van der Waals surface area (Å²) in [4.78, 5) is 13.8. The number of benzene rings is 1. The maximum absolute atomic E-state index is 11.6. The van der Waals surface area contributed by atoms with Gasteiger partial charge >= 0.3 is 5.97 Å². The molecule has 3 nitrogen and oxygen atoms in total. The van der Waals surface area contributed by atoms with Crippen LogP contribution in [0.1, 0.15) is 45.1 Å². The number of unbranched alkanes of at least 4 members (excludes halogenated alkanes) is 2. The quantitative estimate of drug-likeness (QED) is 0.710. The lowest BCUT2D eigenvalue weighted by Crippen LogP contribution is -2.43. The fourth-order valence-electron chi connectivity index (χ4n) is 2.36. The summed E-state index contributed by atoms with van der Waals surface area (Å²) in [6.45, 7) is 6.04. The lowest BCUT2D eigenvalue weighted by atomic mass is 10.0. The van der Waals surface area contributed by atoms with Crippen molar-refractivity contribution in [3.8, 4) is 0 Å². The van der Waals surface area contributed by atoms with Gasteiger partial charge in [-0.15, -0.1) is 0 Å². The predicted octanol–water partition coefficient (Wildman–Crippen LogP) is 3.58. The normalized spacial score (nSPS) is 12.6. The standard InChI is InChI=1S/C17H27NO2/c1-3-5-12-18(13-6-4-2)16(17(19)20)14-15-10-8-7-9-11-15/h7-11,16H,3-6,12-14H2,1-2H3,(H,19,20). The fraction of sp³-hybridized carbons (Fsp3) is 0.588. The first-order chi connectivity index (χ1) is 9.69. The van der Waals surface area contributed by atoms with Gasteiger partial charge in [0.1, 0.15) is 6.04 Å². The molecule has 1 atom stereocenters. The molecule has 0 radical (unpaired) electrons. The number of rotatable bonds is 10. The van der Waals surface area contributed by atoms with E-state index in [1.54, 1.807) is 0 Å². The van der Waals surface area contributed by atoms with Crippen molar-refractivity contribution in [2.45, 2.75) is 52.0 Å². The number of hydrogen-bond donors (Lipinski definition) is 1. The van der Waals surface area contributed by atoms with Crippen molar-refractivity contribution in [2.75, 3.05) is 13.1 Å². The van der Waals surface area contributed by atoms with E-state index in [0.717, 1.165) is 44.3 Å². The minimum atomic E-state index is -0.707. The Bertz CT molecular complexity index is 370. The van der Waals surface area contributed by atoms with Gasteiger partial charge in [0.25, 0.3) is 0 Å². The van der Waals surface area contributed by atoms with Crippen molar-refractivity contribution in [3.63, 3.8) is 0 Å². The molecule has 0 bridgehead atoms. The molecule has 112 valence electrons. The van der Waals surface area contributed by atoms with Crippen LogP contribution in [0, 0.1) is 0 Å². The molecule has 0 aliphatic heterocycles. The van der Waals surface area contributed by atoms with Crippen LogP contribution < -0.4 is 0 Å². The molecular weight excluding hydrogens is 250 g/mol. The highest BCUT2D eigenvalue weighted by molar-refractivity contribution is 5.74. The number of aliphatic carboxylic acids is 1. The summed E-state index contributed by atoms with van der Waals surface area (Å²) in [7, 11) is 0. The Kier molecular flexibility index (Phi) is 7.97. The van der Waals surface area contributed by atoms with E-state index in [-0.39, 0.29) is 0 Å². The zero-order valence-corrected chi connectivity index (χ0v) is 12.7. The van der Waals surface area contributed by atoms with Gasteiger partial charge in [0.15, 0.2) is 0 Å². The van der Waals surface area contributed by atoms with E-state index in [2.05, 4.69) is 18.7 Å². The van der Waals surface area contributed by atoms with Crippen LogP contribution in [0.4, 0.5) is 0 Å². The van der Waals surface area contributed by atoms with Gasteiger partial charge in [-0.05, 0) is 37.9 Å². The third kappa shape index (κ3) is 5.74. The Labute approximate surface area is 122 Å². The first kappa shape index (κ1) is 16.7. The molecule has 0 aliphatic rings. The Morgan fingerprint density at radius 1 is 1.10 bits per heavy atom. The second-order valence-corrected chi connectivity index (χ2v) is 5.29. The van der Waals surface area contributed by atoms with E-state index in [0.29, 0.717) is 6.42 Å². The highest BCUT2D eigenvalue weighted by Gasteiger charge is 2.24. The number of carboxylic acids is 1. The number of carbonyl (C=O) groups is 1. The van der Waals surface area contributed by atoms with Crippen molar-refractivity contribution in [1.29, 1.82) is 0 Å². The van der Waals surface area contributed by atoms with E-state index in [1.165, 1.54) is 0 Å². The first-order valence-corrected chi connectivity index (χ1v) is 7.69. The van der Waals surface area contributed by atoms with E-state index in [1.807, 2.05) is 30.3 Å². The summed E-state index contributed by atoms with van der Waals surface area (Å²) >= 11 is 0. The first-order valence-electron chi connectivity index (χ1n) is 7.69. The second kappa shape index (κ2) is 9.54. The van der Waals surface area contributed by atoms with Crippen molar-refractivity contribution in [2.24, 2.45) is 0 Å². The van der Waals surface area contributed by atoms with Gasteiger partial charge in [0, 0.05) is 0 Å². The SMILES string of the molecule is CCCCN(CCCC)C(Cc1ccccc1)C(=O)O. The second-order valence-electron chi connectivity index (χ2n) is 5.29. The summed E-state index contributed by atoms with van der Waals surface area (Å²) in [6, 6.07) is 9.51. The third-order valence-electron chi connectivity index (χ3n) is 3.60. The molecule has 0 aliphatic carbocycles. The Morgan fingerprint density at radius 2 is 1.65 bits per heavy atom.